The van der Waals surface area contributed by atoms with Gasteiger partial charge in [-0.3, -0.25) is 4.84 Å². The van der Waals surface area contributed by atoms with Crippen LogP contribution in [0, 0.1) is 6.92 Å². The van der Waals surface area contributed by atoms with E-state index in [0.29, 0.717) is 5.02 Å². The normalized spacial score (nSPS) is 13.0. The van der Waals surface area contributed by atoms with Gasteiger partial charge in [0.05, 0.1) is 0 Å². The van der Waals surface area contributed by atoms with Gasteiger partial charge in [-0.2, -0.15) is 0 Å². The van der Waals surface area contributed by atoms with Gasteiger partial charge in [0, 0.05) is 10.6 Å². The summed E-state index contributed by atoms with van der Waals surface area (Å²) in [6.45, 7) is 3.86. The molecule has 12 heavy (non-hydrogen) atoms. The zero-order valence-electron chi connectivity index (χ0n) is 7.17. The second-order valence-electron chi connectivity index (χ2n) is 2.80. The number of hydrogen-bond acceptors (Lipinski definition) is 2. The summed E-state index contributed by atoms with van der Waals surface area (Å²) in [5.41, 5.74) is 2.08. The van der Waals surface area contributed by atoms with E-state index in [1.807, 2.05) is 32.0 Å². The molecule has 0 fully saturated rings. The zero-order chi connectivity index (χ0) is 9.14. The molecule has 0 aromatic heterocycles. The molecule has 2 nitrogen and oxygen atoms in total. The summed E-state index contributed by atoms with van der Waals surface area (Å²) >= 11 is 5.93. The van der Waals surface area contributed by atoms with E-state index >= 15 is 0 Å². The highest BCUT2D eigenvalue weighted by Crippen LogP contribution is 2.24. The Labute approximate surface area is 77.2 Å². The van der Waals surface area contributed by atoms with Gasteiger partial charge in [-0.25, -0.2) is 5.90 Å². The Balaban J connectivity index is 3.04. The molecule has 0 aliphatic carbocycles. The largest absolute Gasteiger partial charge is 0.297 e. The molecule has 0 amide bonds. The maximum absolute atomic E-state index is 5.93. The summed E-state index contributed by atoms with van der Waals surface area (Å²) in [5, 5.41) is 0.693. The van der Waals surface area contributed by atoms with E-state index in [1.54, 1.807) is 0 Å². The summed E-state index contributed by atoms with van der Waals surface area (Å²) in [6.07, 6.45) is -0.155. The second kappa shape index (κ2) is 3.90. The maximum Gasteiger partial charge on any atom is 0.102 e. The molecular weight excluding hydrogens is 174 g/mol. The van der Waals surface area contributed by atoms with Crippen LogP contribution in [0.15, 0.2) is 18.2 Å². The topological polar surface area (TPSA) is 35.2 Å². The average molecular weight is 186 g/mol. The standard InChI is InChI=1S/C9H12ClNO/c1-6-3-4-9(10)8(5-6)7(2)12-11/h3-5,7H,11H2,1-2H3. The predicted molar refractivity (Wildman–Crippen MR) is 49.9 cm³/mol. The van der Waals surface area contributed by atoms with Crippen molar-refractivity contribution >= 4 is 11.6 Å². The van der Waals surface area contributed by atoms with E-state index in [9.17, 15) is 0 Å². The fourth-order valence-electron chi connectivity index (χ4n) is 1.05. The molecule has 0 bridgehead atoms. The summed E-state index contributed by atoms with van der Waals surface area (Å²) in [4.78, 5) is 4.69. The molecule has 1 rings (SSSR count). The lowest BCUT2D eigenvalue weighted by Crippen LogP contribution is -2.06. The molecule has 1 atom stereocenters. The van der Waals surface area contributed by atoms with Gasteiger partial charge in [0.2, 0.25) is 0 Å². The van der Waals surface area contributed by atoms with Gasteiger partial charge in [0.1, 0.15) is 6.10 Å². The van der Waals surface area contributed by atoms with Crippen LogP contribution in [0.5, 0.6) is 0 Å². The van der Waals surface area contributed by atoms with E-state index in [4.69, 9.17) is 17.5 Å². The van der Waals surface area contributed by atoms with Crippen molar-refractivity contribution in [3.8, 4) is 0 Å². The lowest BCUT2D eigenvalue weighted by molar-refractivity contribution is 0.0664. The van der Waals surface area contributed by atoms with Crippen molar-refractivity contribution in [2.75, 3.05) is 0 Å². The summed E-state index contributed by atoms with van der Waals surface area (Å²) in [5.74, 6) is 5.06. The molecule has 0 radical (unpaired) electrons. The van der Waals surface area contributed by atoms with Crippen LogP contribution in [-0.4, -0.2) is 0 Å². The minimum Gasteiger partial charge on any atom is -0.297 e. The molecular formula is C9H12ClNO. The van der Waals surface area contributed by atoms with Crippen LogP contribution < -0.4 is 5.90 Å². The first-order valence-electron chi connectivity index (χ1n) is 3.76. The Morgan fingerprint density at radius 1 is 1.50 bits per heavy atom. The van der Waals surface area contributed by atoms with E-state index in [1.165, 1.54) is 0 Å². The van der Waals surface area contributed by atoms with E-state index in [-0.39, 0.29) is 6.10 Å². The van der Waals surface area contributed by atoms with Crippen molar-refractivity contribution in [3.63, 3.8) is 0 Å². The zero-order valence-corrected chi connectivity index (χ0v) is 7.93. The molecule has 0 spiro atoms. The van der Waals surface area contributed by atoms with Gasteiger partial charge >= 0.3 is 0 Å². The summed E-state index contributed by atoms with van der Waals surface area (Å²) < 4.78 is 0. The third kappa shape index (κ3) is 1.97. The minimum atomic E-state index is -0.155. The number of aryl methyl sites for hydroxylation is 1. The highest BCUT2D eigenvalue weighted by atomic mass is 35.5. The highest BCUT2D eigenvalue weighted by molar-refractivity contribution is 6.31. The first-order valence-corrected chi connectivity index (χ1v) is 4.14. The molecule has 66 valence electrons. The quantitative estimate of drug-likeness (QED) is 0.719. The molecule has 0 saturated heterocycles. The number of halogens is 1. The van der Waals surface area contributed by atoms with Crippen LogP contribution in [0.4, 0.5) is 0 Å². The lowest BCUT2D eigenvalue weighted by atomic mass is 10.1. The Morgan fingerprint density at radius 2 is 2.17 bits per heavy atom. The van der Waals surface area contributed by atoms with Crippen molar-refractivity contribution in [1.82, 2.24) is 0 Å². The molecule has 1 aromatic carbocycles. The van der Waals surface area contributed by atoms with Crippen LogP contribution in [0.3, 0.4) is 0 Å². The van der Waals surface area contributed by atoms with Crippen molar-refractivity contribution < 1.29 is 4.84 Å². The minimum absolute atomic E-state index is 0.155. The molecule has 0 saturated carbocycles. The fourth-order valence-corrected chi connectivity index (χ4v) is 1.32. The molecule has 1 aromatic rings. The Bertz CT molecular complexity index is 275. The van der Waals surface area contributed by atoms with Crippen molar-refractivity contribution in [3.05, 3.63) is 34.3 Å². The van der Waals surface area contributed by atoms with Crippen LogP contribution in [0.1, 0.15) is 24.2 Å². The average Bonchev–Trinajstić information content (AvgIpc) is 2.08. The van der Waals surface area contributed by atoms with Crippen LogP contribution in [0.2, 0.25) is 5.02 Å². The number of hydrogen-bond donors (Lipinski definition) is 1. The monoisotopic (exact) mass is 185 g/mol. The van der Waals surface area contributed by atoms with Crippen molar-refractivity contribution in [1.29, 1.82) is 0 Å². The van der Waals surface area contributed by atoms with Gasteiger partial charge in [-0.1, -0.05) is 29.3 Å². The smallest absolute Gasteiger partial charge is 0.102 e. The molecule has 3 heteroatoms. The number of rotatable bonds is 2. The second-order valence-corrected chi connectivity index (χ2v) is 3.21. The van der Waals surface area contributed by atoms with Crippen LogP contribution in [0.25, 0.3) is 0 Å². The Morgan fingerprint density at radius 3 is 2.75 bits per heavy atom. The van der Waals surface area contributed by atoms with Gasteiger partial charge in [0.15, 0.2) is 0 Å². The Kier molecular flexibility index (Phi) is 3.09. The van der Waals surface area contributed by atoms with Crippen LogP contribution in [-0.2, 0) is 4.84 Å². The Hall–Kier alpha value is -0.570. The maximum atomic E-state index is 5.93. The van der Waals surface area contributed by atoms with Gasteiger partial charge in [-0.15, -0.1) is 0 Å². The molecule has 1 unspecified atom stereocenters. The highest BCUT2D eigenvalue weighted by Gasteiger charge is 2.08. The fraction of sp³-hybridized carbons (Fsp3) is 0.333. The molecule has 0 heterocycles. The molecule has 0 aliphatic heterocycles. The van der Waals surface area contributed by atoms with E-state index < -0.39 is 0 Å². The number of nitrogens with two attached hydrogens (primary N) is 1. The third-order valence-electron chi connectivity index (χ3n) is 1.79. The number of benzene rings is 1. The van der Waals surface area contributed by atoms with Gasteiger partial charge in [-0.05, 0) is 19.9 Å². The first-order chi connectivity index (χ1) is 5.65. The van der Waals surface area contributed by atoms with Crippen molar-refractivity contribution in [2.45, 2.75) is 20.0 Å². The predicted octanol–water partition coefficient (Wildman–Crippen LogP) is 2.60. The van der Waals surface area contributed by atoms with Crippen LogP contribution >= 0.6 is 11.6 Å². The SMILES string of the molecule is Cc1ccc(Cl)c(C(C)ON)c1. The van der Waals surface area contributed by atoms with E-state index in [0.717, 1.165) is 11.1 Å². The third-order valence-corrected chi connectivity index (χ3v) is 2.14. The van der Waals surface area contributed by atoms with Gasteiger partial charge < -0.3 is 0 Å². The lowest BCUT2D eigenvalue weighted by Gasteiger charge is -2.11. The first kappa shape index (κ1) is 9.52. The van der Waals surface area contributed by atoms with E-state index in [2.05, 4.69) is 4.84 Å². The molecule has 2 N–H and O–H groups in total. The molecule has 0 aliphatic rings. The van der Waals surface area contributed by atoms with Gasteiger partial charge in [0.25, 0.3) is 0 Å². The summed E-state index contributed by atoms with van der Waals surface area (Å²) in [6, 6.07) is 5.77. The summed E-state index contributed by atoms with van der Waals surface area (Å²) in [7, 11) is 0. The van der Waals surface area contributed by atoms with Crippen molar-refractivity contribution in [2.24, 2.45) is 5.90 Å².